The third-order valence-electron chi connectivity index (χ3n) is 2.51. The smallest absolute Gasteiger partial charge is 0.291 e. The second kappa shape index (κ2) is 9.78. The molecule has 1 heterocycles. The van der Waals surface area contributed by atoms with Gasteiger partial charge in [-0.25, -0.2) is 0 Å². The lowest BCUT2D eigenvalue weighted by molar-refractivity contribution is -0.132. The summed E-state index contributed by atoms with van der Waals surface area (Å²) in [5.74, 6) is -2.86. The first-order valence-corrected chi connectivity index (χ1v) is 8.02. The molecular weight excluding hydrogens is 362 g/mol. The Balaban J connectivity index is 2.60. The van der Waals surface area contributed by atoms with E-state index in [4.69, 9.17) is 11.6 Å². The molecule has 0 radical (unpaired) electrons. The normalized spacial score (nSPS) is 20.0. The molecule has 0 aromatic carbocycles. The molecule has 1 aliphatic rings. The Hall–Kier alpha value is -2.27. The summed E-state index contributed by atoms with van der Waals surface area (Å²) >= 11 is 6.52. The number of oxime groups is 1. The van der Waals surface area contributed by atoms with E-state index in [0.29, 0.717) is 0 Å². The molecule has 0 aliphatic carbocycles. The lowest BCUT2D eigenvalue weighted by Gasteiger charge is -2.35. The van der Waals surface area contributed by atoms with Crippen LogP contribution in [-0.4, -0.2) is 53.9 Å². The average molecular weight is 378 g/mol. The third kappa shape index (κ3) is 6.08. The fraction of sp³-hybridized carbons (Fsp3) is 0.417. The molecule has 24 heavy (non-hydrogen) atoms. The van der Waals surface area contributed by atoms with Crippen molar-refractivity contribution in [3.63, 3.8) is 0 Å². The molecule has 1 rings (SSSR count). The lowest BCUT2D eigenvalue weighted by Crippen LogP contribution is -2.68. The number of carbonyl (C=O) groups is 4. The zero-order valence-corrected chi connectivity index (χ0v) is 14.4. The summed E-state index contributed by atoms with van der Waals surface area (Å²) < 4.78 is 0. The van der Waals surface area contributed by atoms with E-state index >= 15 is 0 Å². The molecule has 12 heteroatoms. The van der Waals surface area contributed by atoms with Gasteiger partial charge in [-0.2, -0.15) is 0 Å². The van der Waals surface area contributed by atoms with Gasteiger partial charge in [0.2, 0.25) is 23.6 Å². The third-order valence-corrected chi connectivity index (χ3v) is 3.73. The van der Waals surface area contributed by atoms with Crippen LogP contribution in [0.3, 0.4) is 0 Å². The van der Waals surface area contributed by atoms with Gasteiger partial charge in [0.05, 0.1) is 0 Å². The quantitative estimate of drug-likeness (QED) is 0.147. The summed E-state index contributed by atoms with van der Waals surface area (Å²) in [6.07, 6.45) is 1.41. The maximum atomic E-state index is 12.1. The SMILES string of the molecule is CO/N=C(/NC(=O)CCl)C(=O)NC1C(=O)NC1S/C=C/NC(C)=O. The molecule has 4 amide bonds. The second-order valence-electron chi connectivity index (χ2n) is 4.32. The topological polar surface area (TPSA) is 138 Å². The number of alkyl halides is 1. The summed E-state index contributed by atoms with van der Waals surface area (Å²) in [7, 11) is 1.20. The first-order chi connectivity index (χ1) is 11.4. The van der Waals surface area contributed by atoms with Gasteiger partial charge in [0.15, 0.2) is 0 Å². The molecular formula is C12H16ClN5O5S. The largest absolute Gasteiger partial charge is 0.397 e. The molecule has 0 aromatic heterocycles. The van der Waals surface area contributed by atoms with Crippen molar-refractivity contribution in [1.82, 2.24) is 21.3 Å². The van der Waals surface area contributed by atoms with Crippen LogP contribution in [0.25, 0.3) is 0 Å². The minimum atomic E-state index is -0.834. The minimum absolute atomic E-state index is 0.232. The fourth-order valence-corrected chi connectivity index (χ4v) is 2.39. The van der Waals surface area contributed by atoms with Crippen molar-refractivity contribution in [2.24, 2.45) is 5.16 Å². The summed E-state index contributed by atoms with van der Waals surface area (Å²) in [4.78, 5) is 50.0. The molecule has 2 unspecified atom stereocenters. The van der Waals surface area contributed by atoms with Gasteiger partial charge >= 0.3 is 0 Å². The number of amides is 4. The van der Waals surface area contributed by atoms with Crippen molar-refractivity contribution < 1.29 is 24.0 Å². The number of halogens is 1. The summed E-state index contributed by atoms with van der Waals surface area (Å²) in [5.41, 5.74) is 0. The van der Waals surface area contributed by atoms with Gasteiger partial charge in [0.1, 0.15) is 24.4 Å². The van der Waals surface area contributed by atoms with Crippen molar-refractivity contribution in [3.05, 3.63) is 11.6 Å². The number of nitrogens with zero attached hydrogens (tertiary/aromatic N) is 1. The number of rotatable bonds is 6. The van der Waals surface area contributed by atoms with Gasteiger partial charge < -0.3 is 26.1 Å². The highest BCUT2D eigenvalue weighted by molar-refractivity contribution is 8.02. The molecule has 1 saturated heterocycles. The minimum Gasteiger partial charge on any atom is -0.397 e. The summed E-state index contributed by atoms with van der Waals surface area (Å²) in [5, 5.41) is 14.1. The van der Waals surface area contributed by atoms with Crippen LogP contribution in [0.4, 0.5) is 0 Å². The Morgan fingerprint density at radius 3 is 2.71 bits per heavy atom. The van der Waals surface area contributed by atoms with E-state index in [2.05, 4.69) is 31.3 Å². The van der Waals surface area contributed by atoms with E-state index < -0.39 is 35.0 Å². The van der Waals surface area contributed by atoms with E-state index in [1.54, 1.807) is 5.41 Å². The number of hydrogen-bond acceptors (Lipinski definition) is 7. The first kappa shape index (κ1) is 19.8. The zero-order chi connectivity index (χ0) is 18.1. The molecule has 0 bridgehead atoms. The Labute approximate surface area is 146 Å². The second-order valence-corrected chi connectivity index (χ2v) is 5.64. The van der Waals surface area contributed by atoms with E-state index in [1.807, 2.05) is 0 Å². The highest BCUT2D eigenvalue weighted by atomic mass is 35.5. The Bertz CT molecular complexity index is 582. The van der Waals surface area contributed by atoms with Gasteiger partial charge in [-0.05, 0) is 5.41 Å². The standard InChI is InChI=1S/C12H16ClN5O5S/c1-6(19)14-3-4-24-12-8(10(21)17-12)16-11(22)9(18-23-2)15-7(20)5-13/h3-4,8,12H,5H2,1-2H3,(H,14,19)(H,16,22)(H,17,21)(H,15,18,20)/b4-3+. The highest BCUT2D eigenvalue weighted by Crippen LogP contribution is 2.20. The van der Waals surface area contributed by atoms with Gasteiger partial charge in [0.25, 0.3) is 5.91 Å². The van der Waals surface area contributed by atoms with E-state index in [9.17, 15) is 19.2 Å². The van der Waals surface area contributed by atoms with E-state index in [-0.39, 0.29) is 11.8 Å². The molecule has 2 atom stereocenters. The monoisotopic (exact) mass is 377 g/mol. The maximum Gasteiger partial charge on any atom is 0.291 e. The maximum absolute atomic E-state index is 12.1. The Morgan fingerprint density at radius 2 is 2.17 bits per heavy atom. The number of nitrogens with one attached hydrogen (secondary N) is 4. The Kier molecular flexibility index (Phi) is 8.06. The van der Waals surface area contributed by atoms with Crippen molar-refractivity contribution in [2.45, 2.75) is 18.3 Å². The lowest BCUT2D eigenvalue weighted by atomic mass is 10.1. The van der Waals surface area contributed by atoms with Crippen molar-refractivity contribution >= 4 is 52.8 Å². The van der Waals surface area contributed by atoms with Crippen molar-refractivity contribution in [3.8, 4) is 0 Å². The zero-order valence-electron chi connectivity index (χ0n) is 12.8. The molecule has 0 aromatic rings. The molecule has 4 N–H and O–H groups in total. The number of thioether (sulfide) groups is 1. The average Bonchev–Trinajstić information content (AvgIpc) is 2.54. The predicted octanol–water partition coefficient (Wildman–Crippen LogP) is -1.42. The Morgan fingerprint density at radius 1 is 1.46 bits per heavy atom. The van der Waals surface area contributed by atoms with Crippen LogP contribution in [0.1, 0.15) is 6.92 Å². The van der Waals surface area contributed by atoms with Crippen LogP contribution in [0.2, 0.25) is 0 Å². The van der Waals surface area contributed by atoms with Gasteiger partial charge in [-0.1, -0.05) is 5.16 Å². The molecule has 1 fully saturated rings. The van der Waals surface area contributed by atoms with Crippen LogP contribution in [-0.2, 0) is 24.0 Å². The molecule has 0 spiro atoms. The van der Waals surface area contributed by atoms with Crippen molar-refractivity contribution in [2.75, 3.05) is 13.0 Å². The van der Waals surface area contributed by atoms with Gasteiger partial charge in [-0.3, -0.25) is 19.2 Å². The highest BCUT2D eigenvalue weighted by Gasteiger charge is 2.41. The van der Waals surface area contributed by atoms with Gasteiger partial charge in [-0.15, -0.1) is 23.4 Å². The first-order valence-electron chi connectivity index (χ1n) is 6.54. The summed E-state index contributed by atoms with van der Waals surface area (Å²) in [6.45, 7) is 1.36. The van der Waals surface area contributed by atoms with Crippen LogP contribution in [0.15, 0.2) is 16.8 Å². The number of hydrogen-bond donors (Lipinski definition) is 4. The van der Waals surface area contributed by atoms with Crippen LogP contribution < -0.4 is 21.3 Å². The van der Waals surface area contributed by atoms with Crippen LogP contribution in [0, 0.1) is 0 Å². The summed E-state index contributed by atoms with van der Waals surface area (Å²) in [6, 6.07) is -0.834. The number of carbonyl (C=O) groups excluding carboxylic acids is 4. The molecule has 1 aliphatic heterocycles. The molecule has 10 nitrogen and oxygen atoms in total. The van der Waals surface area contributed by atoms with E-state index in [1.165, 1.54) is 32.0 Å². The van der Waals surface area contributed by atoms with E-state index in [0.717, 1.165) is 0 Å². The van der Waals surface area contributed by atoms with Crippen LogP contribution in [0.5, 0.6) is 0 Å². The van der Waals surface area contributed by atoms with Crippen molar-refractivity contribution in [1.29, 1.82) is 0 Å². The fourth-order valence-electron chi connectivity index (χ4n) is 1.47. The number of β-lactam (4-membered cyclic amide) rings is 1. The molecule has 0 saturated carbocycles. The van der Waals surface area contributed by atoms with Crippen LogP contribution >= 0.6 is 23.4 Å². The number of amidine groups is 1. The predicted molar refractivity (Wildman–Crippen MR) is 87.7 cm³/mol. The van der Waals surface area contributed by atoms with Gasteiger partial charge in [0, 0.05) is 13.1 Å². The molecule has 132 valence electrons.